The van der Waals surface area contributed by atoms with E-state index in [0.29, 0.717) is 31.3 Å². The van der Waals surface area contributed by atoms with Crippen molar-refractivity contribution in [3.63, 3.8) is 0 Å². The molecule has 1 aliphatic heterocycles. The number of hydrogen-bond donors (Lipinski definition) is 0. The Hall–Kier alpha value is -3.15. The Morgan fingerprint density at radius 1 is 1.14 bits per heavy atom. The highest BCUT2D eigenvalue weighted by Crippen LogP contribution is 2.35. The summed E-state index contributed by atoms with van der Waals surface area (Å²) in [6.45, 7) is 7.18. The van der Waals surface area contributed by atoms with Crippen molar-refractivity contribution in [2.24, 2.45) is 0 Å². The Morgan fingerprint density at radius 3 is 2.54 bits per heavy atom. The van der Waals surface area contributed by atoms with Gasteiger partial charge in [0, 0.05) is 24.2 Å². The molecule has 6 nitrogen and oxygen atoms in total. The van der Waals surface area contributed by atoms with Crippen LogP contribution in [0.3, 0.4) is 0 Å². The second-order valence-corrected chi connectivity index (χ2v) is 7.06. The number of aryl methyl sites for hydroxylation is 2. The van der Waals surface area contributed by atoms with Gasteiger partial charge in [0.15, 0.2) is 0 Å². The molecule has 1 aromatic heterocycles. The maximum atomic E-state index is 12.7. The molecule has 1 saturated heterocycles. The van der Waals surface area contributed by atoms with Gasteiger partial charge in [-0.2, -0.15) is 4.98 Å². The fourth-order valence-electron chi connectivity index (χ4n) is 3.71. The van der Waals surface area contributed by atoms with Gasteiger partial charge in [-0.05, 0) is 56.2 Å². The summed E-state index contributed by atoms with van der Waals surface area (Å²) in [5.74, 6) is 1.82. The molecular weight excluding hydrogens is 354 g/mol. The summed E-state index contributed by atoms with van der Waals surface area (Å²) in [5.41, 5.74) is 4.03. The Kier molecular flexibility index (Phi) is 4.86. The zero-order valence-corrected chi connectivity index (χ0v) is 16.3. The van der Waals surface area contributed by atoms with Gasteiger partial charge in [-0.3, -0.25) is 4.79 Å². The van der Waals surface area contributed by atoms with Crippen LogP contribution in [-0.4, -0.2) is 29.2 Å². The van der Waals surface area contributed by atoms with Gasteiger partial charge in [0.25, 0.3) is 0 Å². The molecule has 4 rings (SSSR count). The lowest BCUT2D eigenvalue weighted by Gasteiger charge is -2.21. The first-order chi connectivity index (χ1) is 13.6. The zero-order valence-electron chi connectivity index (χ0n) is 16.3. The van der Waals surface area contributed by atoms with Gasteiger partial charge in [0.1, 0.15) is 5.75 Å². The van der Waals surface area contributed by atoms with Crippen LogP contribution in [-0.2, 0) is 4.79 Å². The molecule has 1 amide bonds. The highest BCUT2D eigenvalue weighted by molar-refractivity contribution is 5.97. The van der Waals surface area contributed by atoms with Crippen LogP contribution in [0.5, 0.6) is 5.75 Å². The van der Waals surface area contributed by atoms with E-state index in [4.69, 9.17) is 9.26 Å². The van der Waals surface area contributed by atoms with E-state index in [9.17, 15) is 4.79 Å². The Balaban J connectivity index is 1.54. The van der Waals surface area contributed by atoms with Crippen LogP contribution in [0, 0.1) is 13.8 Å². The number of carbonyl (C=O) groups excluding carboxylic acids is 1. The van der Waals surface area contributed by atoms with Gasteiger partial charge in [-0.1, -0.05) is 23.4 Å². The van der Waals surface area contributed by atoms with E-state index in [1.807, 2.05) is 68.1 Å². The van der Waals surface area contributed by atoms with Gasteiger partial charge in [-0.25, -0.2) is 0 Å². The van der Waals surface area contributed by atoms with E-state index < -0.39 is 0 Å². The molecule has 1 atom stereocenters. The molecule has 2 aromatic carbocycles. The first-order valence-corrected chi connectivity index (χ1v) is 9.50. The second kappa shape index (κ2) is 7.46. The molecule has 1 fully saturated rings. The summed E-state index contributed by atoms with van der Waals surface area (Å²) in [4.78, 5) is 19.1. The molecule has 3 aromatic rings. The summed E-state index contributed by atoms with van der Waals surface area (Å²) >= 11 is 0. The van der Waals surface area contributed by atoms with Crippen molar-refractivity contribution in [1.82, 2.24) is 10.1 Å². The smallest absolute Gasteiger partial charge is 0.232 e. The topological polar surface area (TPSA) is 68.5 Å². The van der Waals surface area contributed by atoms with Crippen LogP contribution in [0.25, 0.3) is 11.4 Å². The molecule has 0 aliphatic carbocycles. The number of para-hydroxylation sites is 1. The Morgan fingerprint density at radius 2 is 1.86 bits per heavy atom. The Labute approximate surface area is 164 Å². The zero-order chi connectivity index (χ0) is 19.7. The van der Waals surface area contributed by atoms with E-state index in [1.165, 1.54) is 0 Å². The second-order valence-electron chi connectivity index (χ2n) is 7.06. The minimum atomic E-state index is -0.101. The van der Waals surface area contributed by atoms with Gasteiger partial charge >= 0.3 is 0 Å². The fourth-order valence-corrected chi connectivity index (χ4v) is 3.71. The molecule has 144 valence electrons. The number of rotatable bonds is 5. The number of ether oxygens (including phenoxy) is 1. The van der Waals surface area contributed by atoms with Gasteiger partial charge in [0.2, 0.25) is 17.6 Å². The maximum absolute atomic E-state index is 12.7. The molecule has 28 heavy (non-hydrogen) atoms. The van der Waals surface area contributed by atoms with E-state index >= 15 is 0 Å². The number of anilines is 1. The van der Waals surface area contributed by atoms with Crippen molar-refractivity contribution in [2.75, 3.05) is 18.1 Å². The van der Waals surface area contributed by atoms with Crippen LogP contribution in [0.1, 0.15) is 36.3 Å². The van der Waals surface area contributed by atoms with Crippen LogP contribution >= 0.6 is 0 Å². The number of carbonyl (C=O) groups is 1. The molecule has 0 spiro atoms. The van der Waals surface area contributed by atoms with Gasteiger partial charge in [-0.15, -0.1) is 0 Å². The number of benzene rings is 2. The minimum absolute atomic E-state index is 0.0863. The summed E-state index contributed by atoms with van der Waals surface area (Å²) in [6, 6.07) is 13.6. The normalized spacial score (nSPS) is 16.6. The third kappa shape index (κ3) is 3.38. The molecule has 2 heterocycles. The van der Waals surface area contributed by atoms with Gasteiger partial charge < -0.3 is 14.2 Å². The lowest BCUT2D eigenvalue weighted by atomic mass is 10.1. The molecule has 0 saturated carbocycles. The summed E-state index contributed by atoms with van der Waals surface area (Å²) < 4.78 is 11.0. The molecule has 1 aliphatic rings. The number of nitrogens with zero attached hydrogens (tertiary/aromatic N) is 3. The molecule has 0 N–H and O–H groups in total. The van der Waals surface area contributed by atoms with Crippen molar-refractivity contribution in [1.29, 1.82) is 0 Å². The largest absolute Gasteiger partial charge is 0.494 e. The first kappa shape index (κ1) is 18.2. The van der Waals surface area contributed by atoms with Crippen LogP contribution < -0.4 is 9.64 Å². The highest BCUT2D eigenvalue weighted by atomic mass is 16.5. The lowest BCUT2D eigenvalue weighted by Crippen LogP contribution is -2.26. The van der Waals surface area contributed by atoms with E-state index in [0.717, 1.165) is 28.1 Å². The third-order valence-electron chi connectivity index (χ3n) is 5.05. The fraction of sp³-hybridized carbons (Fsp3) is 0.318. The van der Waals surface area contributed by atoms with Crippen molar-refractivity contribution in [3.05, 3.63) is 59.5 Å². The predicted molar refractivity (Wildman–Crippen MR) is 107 cm³/mol. The van der Waals surface area contributed by atoms with E-state index in [-0.39, 0.29) is 11.8 Å². The van der Waals surface area contributed by atoms with Gasteiger partial charge in [0.05, 0.1) is 12.5 Å². The van der Waals surface area contributed by atoms with E-state index in [1.54, 1.807) is 0 Å². The summed E-state index contributed by atoms with van der Waals surface area (Å²) in [5, 5.41) is 4.11. The number of aromatic nitrogens is 2. The van der Waals surface area contributed by atoms with E-state index in [2.05, 4.69) is 10.1 Å². The quantitative estimate of drug-likeness (QED) is 0.664. The minimum Gasteiger partial charge on any atom is -0.494 e. The molecule has 0 bridgehead atoms. The van der Waals surface area contributed by atoms with Crippen LogP contribution in [0.15, 0.2) is 47.0 Å². The predicted octanol–water partition coefficient (Wildman–Crippen LogP) is 4.27. The molecular formula is C22H23N3O3. The van der Waals surface area contributed by atoms with Crippen LogP contribution in [0.2, 0.25) is 0 Å². The standard InChI is InChI=1S/C22H23N3O3/c1-4-27-18-10-8-16(9-11-18)21-23-22(28-24-21)17-12-19(26)25(13-17)20-14(2)6-5-7-15(20)3/h5-11,17H,4,12-13H2,1-3H3. The molecule has 1 unspecified atom stereocenters. The van der Waals surface area contributed by atoms with Crippen molar-refractivity contribution in [2.45, 2.75) is 33.1 Å². The maximum Gasteiger partial charge on any atom is 0.232 e. The first-order valence-electron chi connectivity index (χ1n) is 9.50. The monoisotopic (exact) mass is 377 g/mol. The molecule has 0 radical (unpaired) electrons. The number of hydrogen-bond acceptors (Lipinski definition) is 5. The van der Waals surface area contributed by atoms with Crippen molar-refractivity contribution in [3.8, 4) is 17.1 Å². The highest BCUT2D eigenvalue weighted by Gasteiger charge is 2.36. The molecule has 6 heteroatoms. The average Bonchev–Trinajstić information content (AvgIpc) is 3.30. The SMILES string of the molecule is CCOc1ccc(-c2noc(C3CC(=O)N(c4c(C)cccc4C)C3)n2)cc1. The van der Waals surface area contributed by atoms with Crippen LogP contribution in [0.4, 0.5) is 5.69 Å². The average molecular weight is 377 g/mol. The van der Waals surface area contributed by atoms with Crippen molar-refractivity contribution < 1.29 is 14.1 Å². The summed E-state index contributed by atoms with van der Waals surface area (Å²) in [7, 11) is 0. The number of amides is 1. The van der Waals surface area contributed by atoms with Crippen molar-refractivity contribution >= 4 is 11.6 Å². The third-order valence-corrected chi connectivity index (χ3v) is 5.05. The lowest BCUT2D eigenvalue weighted by molar-refractivity contribution is -0.117. The summed E-state index contributed by atoms with van der Waals surface area (Å²) in [6.07, 6.45) is 0.374. The Bertz CT molecular complexity index is 974.